The number of thioether (sulfide) groups is 1. The summed E-state index contributed by atoms with van der Waals surface area (Å²) in [5.41, 5.74) is 0. The van der Waals surface area contributed by atoms with Gasteiger partial charge in [-0.1, -0.05) is 38.5 Å². The largest absolute Gasteiger partial charge is 0.340 e. The Morgan fingerprint density at radius 2 is 2.33 bits per heavy atom. The third-order valence-corrected chi connectivity index (χ3v) is 5.07. The molecule has 1 heterocycles. The van der Waals surface area contributed by atoms with Crippen molar-refractivity contribution in [2.45, 2.75) is 62.4 Å². The molecule has 4 heteroatoms. The van der Waals surface area contributed by atoms with Gasteiger partial charge in [0.2, 0.25) is 0 Å². The Morgan fingerprint density at radius 1 is 1.44 bits per heavy atom. The zero-order valence-electron chi connectivity index (χ0n) is 11.5. The lowest BCUT2D eigenvalue weighted by Crippen LogP contribution is -2.42. The Balaban J connectivity index is 1.95. The number of nitrogens with one attached hydrogen (secondary N) is 2. The number of aromatic amines is 1. The molecule has 3 nitrogen and oxygen atoms in total. The highest BCUT2D eigenvalue weighted by molar-refractivity contribution is 7.99. The summed E-state index contributed by atoms with van der Waals surface area (Å²) in [5, 5.41) is 5.38. The van der Waals surface area contributed by atoms with Crippen LogP contribution >= 0.6 is 11.8 Å². The fraction of sp³-hybridized carbons (Fsp3) is 0.786. The molecule has 0 aromatic carbocycles. The van der Waals surface area contributed by atoms with E-state index in [0.29, 0.717) is 11.3 Å². The van der Waals surface area contributed by atoms with E-state index in [1.165, 1.54) is 32.1 Å². The normalized spacial score (nSPS) is 28.4. The zero-order valence-corrected chi connectivity index (χ0v) is 12.3. The minimum absolute atomic E-state index is 0.651. The molecule has 0 saturated heterocycles. The predicted molar refractivity (Wildman–Crippen MR) is 77.9 cm³/mol. The van der Waals surface area contributed by atoms with E-state index in [2.05, 4.69) is 29.1 Å². The summed E-state index contributed by atoms with van der Waals surface area (Å²) in [7, 11) is 0. The van der Waals surface area contributed by atoms with Gasteiger partial charge in [-0.15, -0.1) is 0 Å². The molecule has 0 bridgehead atoms. The highest BCUT2D eigenvalue weighted by Crippen LogP contribution is 2.36. The van der Waals surface area contributed by atoms with Crippen LogP contribution in [0.5, 0.6) is 0 Å². The van der Waals surface area contributed by atoms with Crippen LogP contribution in [0.4, 0.5) is 0 Å². The average molecular weight is 267 g/mol. The van der Waals surface area contributed by atoms with Gasteiger partial charge < -0.3 is 10.3 Å². The Kier molecular flexibility index (Phi) is 5.57. The Bertz CT molecular complexity index is 326. The molecule has 1 saturated carbocycles. The maximum Gasteiger partial charge on any atom is 0.165 e. The molecule has 1 aromatic heterocycles. The highest BCUT2D eigenvalue weighted by Gasteiger charge is 2.30. The van der Waals surface area contributed by atoms with Crippen molar-refractivity contribution in [2.75, 3.05) is 6.54 Å². The molecule has 1 aliphatic carbocycles. The van der Waals surface area contributed by atoms with Crippen molar-refractivity contribution >= 4 is 11.8 Å². The standard InChI is InChI=1S/C14H25N3S/c1-3-5-11-6-7-12(15-4-2)13(10-11)18-14-16-8-9-17-14/h8-9,11-13,15H,3-7,10H2,1-2H3,(H,16,17). The van der Waals surface area contributed by atoms with Crippen molar-refractivity contribution < 1.29 is 0 Å². The van der Waals surface area contributed by atoms with Crippen LogP contribution in [0.15, 0.2) is 17.6 Å². The molecule has 0 aliphatic heterocycles. The minimum Gasteiger partial charge on any atom is -0.340 e. The first kappa shape index (κ1) is 13.9. The molecule has 2 N–H and O–H groups in total. The number of H-pyrrole nitrogens is 1. The predicted octanol–water partition coefficient (Wildman–Crippen LogP) is 3.45. The first-order valence-electron chi connectivity index (χ1n) is 7.22. The summed E-state index contributed by atoms with van der Waals surface area (Å²) in [6, 6.07) is 0.651. The van der Waals surface area contributed by atoms with E-state index in [9.17, 15) is 0 Å². The first-order chi connectivity index (χ1) is 8.83. The quantitative estimate of drug-likeness (QED) is 0.829. The second kappa shape index (κ2) is 7.19. The molecule has 18 heavy (non-hydrogen) atoms. The van der Waals surface area contributed by atoms with Crippen molar-refractivity contribution in [3.63, 3.8) is 0 Å². The van der Waals surface area contributed by atoms with Gasteiger partial charge in [-0.25, -0.2) is 4.98 Å². The van der Waals surface area contributed by atoms with Crippen molar-refractivity contribution in [3.8, 4) is 0 Å². The van der Waals surface area contributed by atoms with E-state index >= 15 is 0 Å². The molecule has 0 radical (unpaired) electrons. The maximum absolute atomic E-state index is 4.36. The summed E-state index contributed by atoms with van der Waals surface area (Å²) in [4.78, 5) is 7.57. The van der Waals surface area contributed by atoms with E-state index < -0.39 is 0 Å². The monoisotopic (exact) mass is 267 g/mol. The van der Waals surface area contributed by atoms with Crippen LogP contribution in [-0.4, -0.2) is 27.8 Å². The van der Waals surface area contributed by atoms with Gasteiger partial charge in [-0.2, -0.15) is 0 Å². The molecule has 0 amide bonds. The van der Waals surface area contributed by atoms with Gasteiger partial charge in [0.25, 0.3) is 0 Å². The smallest absolute Gasteiger partial charge is 0.165 e. The molecular weight excluding hydrogens is 242 g/mol. The Hall–Kier alpha value is -0.480. The zero-order chi connectivity index (χ0) is 12.8. The maximum atomic E-state index is 4.36. The van der Waals surface area contributed by atoms with E-state index in [-0.39, 0.29) is 0 Å². The number of rotatable bonds is 6. The minimum atomic E-state index is 0.651. The van der Waals surface area contributed by atoms with Gasteiger partial charge in [0.1, 0.15) is 0 Å². The van der Waals surface area contributed by atoms with Crippen molar-refractivity contribution in [2.24, 2.45) is 5.92 Å². The van der Waals surface area contributed by atoms with Gasteiger partial charge in [0.15, 0.2) is 5.16 Å². The van der Waals surface area contributed by atoms with Crippen LogP contribution in [0.2, 0.25) is 0 Å². The second-order valence-electron chi connectivity index (χ2n) is 5.18. The fourth-order valence-corrected chi connectivity index (χ4v) is 4.28. The molecule has 1 fully saturated rings. The Labute approximate surface area is 115 Å². The van der Waals surface area contributed by atoms with E-state index in [4.69, 9.17) is 0 Å². The van der Waals surface area contributed by atoms with Gasteiger partial charge in [-0.3, -0.25) is 0 Å². The third kappa shape index (κ3) is 3.75. The molecule has 2 rings (SSSR count). The molecular formula is C14H25N3S. The number of hydrogen-bond acceptors (Lipinski definition) is 3. The molecule has 102 valence electrons. The molecule has 1 aromatic rings. The number of imidazole rings is 1. The summed E-state index contributed by atoms with van der Waals surface area (Å²) in [5.74, 6) is 0.914. The second-order valence-corrected chi connectivity index (χ2v) is 6.41. The van der Waals surface area contributed by atoms with Gasteiger partial charge in [0, 0.05) is 23.7 Å². The average Bonchev–Trinajstić information content (AvgIpc) is 2.86. The lowest BCUT2D eigenvalue weighted by atomic mass is 9.83. The van der Waals surface area contributed by atoms with E-state index in [0.717, 1.165) is 17.6 Å². The number of hydrogen-bond donors (Lipinski definition) is 2. The Morgan fingerprint density at radius 3 is 3.00 bits per heavy atom. The lowest BCUT2D eigenvalue weighted by molar-refractivity contribution is 0.289. The highest BCUT2D eigenvalue weighted by atomic mass is 32.2. The number of nitrogens with zero attached hydrogens (tertiary/aromatic N) is 1. The van der Waals surface area contributed by atoms with Crippen LogP contribution in [0.3, 0.4) is 0 Å². The van der Waals surface area contributed by atoms with E-state index in [1.54, 1.807) is 0 Å². The topological polar surface area (TPSA) is 40.7 Å². The van der Waals surface area contributed by atoms with Crippen molar-refractivity contribution in [1.29, 1.82) is 0 Å². The molecule has 0 spiro atoms. The summed E-state index contributed by atoms with van der Waals surface area (Å²) in [6.45, 7) is 5.57. The summed E-state index contributed by atoms with van der Waals surface area (Å²) >= 11 is 1.92. The van der Waals surface area contributed by atoms with Crippen LogP contribution < -0.4 is 5.32 Å². The fourth-order valence-electron chi connectivity index (χ4n) is 2.97. The van der Waals surface area contributed by atoms with Gasteiger partial charge in [0.05, 0.1) is 0 Å². The van der Waals surface area contributed by atoms with Gasteiger partial charge >= 0.3 is 0 Å². The number of aromatic nitrogens is 2. The van der Waals surface area contributed by atoms with Crippen molar-refractivity contribution in [1.82, 2.24) is 15.3 Å². The third-order valence-electron chi connectivity index (χ3n) is 3.80. The van der Waals surface area contributed by atoms with Crippen LogP contribution in [0.25, 0.3) is 0 Å². The SMILES string of the molecule is CCCC1CCC(NCC)C(Sc2ncc[nH]2)C1. The van der Waals surface area contributed by atoms with Crippen molar-refractivity contribution in [3.05, 3.63) is 12.4 Å². The lowest BCUT2D eigenvalue weighted by Gasteiger charge is -2.35. The van der Waals surface area contributed by atoms with Crippen LogP contribution in [0, 0.1) is 5.92 Å². The molecule has 1 aliphatic rings. The summed E-state index contributed by atoms with van der Waals surface area (Å²) < 4.78 is 0. The summed E-state index contributed by atoms with van der Waals surface area (Å²) in [6.07, 6.45) is 10.5. The van der Waals surface area contributed by atoms with Crippen LogP contribution in [0.1, 0.15) is 46.0 Å². The van der Waals surface area contributed by atoms with E-state index in [1.807, 2.05) is 24.2 Å². The molecule has 3 unspecified atom stereocenters. The van der Waals surface area contributed by atoms with Crippen LogP contribution in [-0.2, 0) is 0 Å². The molecule has 3 atom stereocenters. The van der Waals surface area contributed by atoms with Gasteiger partial charge in [-0.05, 0) is 31.7 Å². The first-order valence-corrected chi connectivity index (χ1v) is 8.10.